The predicted molar refractivity (Wildman–Crippen MR) is 39.2 cm³/mol. The van der Waals surface area contributed by atoms with Crippen molar-refractivity contribution in [3.05, 3.63) is 0 Å². The second kappa shape index (κ2) is 108. The topological polar surface area (TPSA) is 12.0 Å². The highest BCUT2D eigenvalue weighted by molar-refractivity contribution is 4.27. The lowest BCUT2D eigenvalue weighted by Gasteiger charge is -1.86. The van der Waals surface area contributed by atoms with Gasteiger partial charge in [0.1, 0.15) is 0 Å². The first-order valence-electron chi connectivity index (χ1n) is 2.12. The van der Waals surface area contributed by atoms with E-state index in [1.54, 1.807) is 0 Å². The van der Waals surface area contributed by atoms with Crippen LogP contribution in [0.4, 0.5) is 28.2 Å². The van der Waals surface area contributed by atoms with Gasteiger partial charge in [-0.15, -0.1) is 0 Å². The number of halogens is 6. The standard InChI is InChI=1S/C4H11N.6FH/c1-3-5-4-2;;;;;;/h5H,3-4H2,1-2H3;6*1H. The van der Waals surface area contributed by atoms with Crippen molar-refractivity contribution in [2.45, 2.75) is 13.8 Å². The molecular weight excluding hydrogens is 176 g/mol. The highest BCUT2D eigenvalue weighted by Crippen LogP contribution is 1.47. The molecule has 1 N–H and O–H groups in total. The zero-order valence-corrected chi connectivity index (χ0v) is 6.36. The molecule has 0 aliphatic carbocycles. The Morgan fingerprint density at radius 1 is 0.636 bits per heavy atom. The van der Waals surface area contributed by atoms with Gasteiger partial charge in [0.15, 0.2) is 0 Å². The number of hydrogen-bond donors (Lipinski definition) is 1. The molecule has 0 aliphatic rings. The summed E-state index contributed by atoms with van der Waals surface area (Å²) in [4.78, 5) is 0. The van der Waals surface area contributed by atoms with Crippen molar-refractivity contribution in [3.8, 4) is 0 Å². The molecule has 0 saturated carbocycles. The molecule has 0 saturated heterocycles. The van der Waals surface area contributed by atoms with E-state index in [9.17, 15) is 0 Å². The molecular formula is C4H17F6N. The first-order chi connectivity index (χ1) is 2.41. The fraction of sp³-hybridized carbons (Fsp3) is 1.00. The van der Waals surface area contributed by atoms with Crippen LogP contribution in [-0.4, -0.2) is 13.1 Å². The molecule has 0 aromatic carbocycles. The highest BCUT2D eigenvalue weighted by Gasteiger charge is 1.62. The van der Waals surface area contributed by atoms with Crippen molar-refractivity contribution < 1.29 is 28.2 Å². The van der Waals surface area contributed by atoms with Crippen molar-refractivity contribution in [1.29, 1.82) is 0 Å². The summed E-state index contributed by atoms with van der Waals surface area (Å²) in [7, 11) is 0. The van der Waals surface area contributed by atoms with Crippen LogP contribution >= 0.6 is 0 Å². The van der Waals surface area contributed by atoms with E-state index in [4.69, 9.17) is 0 Å². The van der Waals surface area contributed by atoms with Gasteiger partial charge in [-0.1, -0.05) is 13.8 Å². The lowest BCUT2D eigenvalue weighted by Crippen LogP contribution is -2.09. The molecule has 0 amide bonds. The molecule has 0 atom stereocenters. The molecule has 11 heavy (non-hydrogen) atoms. The third-order valence-corrected chi connectivity index (χ3v) is 0.500. The Bertz CT molecular complexity index is 22.1. The normalized spacial score (nSPS) is 3.82. The number of rotatable bonds is 2. The summed E-state index contributed by atoms with van der Waals surface area (Å²) in [6.45, 7) is 6.39. The minimum absolute atomic E-state index is 0. The Kier molecular flexibility index (Phi) is 750. The zero-order valence-electron chi connectivity index (χ0n) is 6.36. The SMILES string of the molecule is CCNCC.F.F.F.F.F.F. The monoisotopic (exact) mass is 193 g/mol. The second-order valence-corrected chi connectivity index (χ2v) is 0.957. The van der Waals surface area contributed by atoms with Crippen LogP contribution in [-0.2, 0) is 0 Å². The smallest absolute Gasteiger partial charge is 0.00775 e. The Balaban J connectivity index is -0.00000000533. The third kappa shape index (κ3) is 229. The van der Waals surface area contributed by atoms with E-state index in [0.717, 1.165) is 13.1 Å². The summed E-state index contributed by atoms with van der Waals surface area (Å²) in [5.41, 5.74) is 0. The van der Waals surface area contributed by atoms with Crippen LogP contribution in [0.1, 0.15) is 13.8 Å². The molecule has 0 radical (unpaired) electrons. The molecule has 0 aromatic heterocycles. The summed E-state index contributed by atoms with van der Waals surface area (Å²) in [6, 6.07) is 0. The van der Waals surface area contributed by atoms with Gasteiger partial charge in [0.05, 0.1) is 0 Å². The summed E-state index contributed by atoms with van der Waals surface area (Å²) < 4.78 is 0. The van der Waals surface area contributed by atoms with Gasteiger partial charge in [-0.3, -0.25) is 28.2 Å². The van der Waals surface area contributed by atoms with E-state index in [1.807, 2.05) is 0 Å². The maximum absolute atomic E-state index is 3.11. The highest BCUT2D eigenvalue weighted by atomic mass is 19.0. The molecule has 80 valence electrons. The van der Waals surface area contributed by atoms with E-state index in [-0.39, 0.29) is 28.2 Å². The Morgan fingerprint density at radius 2 is 0.818 bits per heavy atom. The lowest BCUT2D eigenvalue weighted by molar-refractivity contribution is 0.762. The Hall–Kier alpha value is -0.460. The van der Waals surface area contributed by atoms with Gasteiger partial charge in [0.2, 0.25) is 0 Å². The van der Waals surface area contributed by atoms with E-state index in [2.05, 4.69) is 19.2 Å². The molecule has 0 unspecified atom stereocenters. The Morgan fingerprint density at radius 3 is 0.818 bits per heavy atom. The van der Waals surface area contributed by atoms with Gasteiger partial charge in [-0.2, -0.15) is 0 Å². The van der Waals surface area contributed by atoms with E-state index < -0.39 is 0 Å². The van der Waals surface area contributed by atoms with Gasteiger partial charge < -0.3 is 5.32 Å². The molecule has 1 nitrogen and oxygen atoms in total. The molecule has 0 bridgehead atoms. The van der Waals surface area contributed by atoms with Crippen LogP contribution < -0.4 is 5.32 Å². The number of nitrogens with one attached hydrogen (secondary N) is 1. The van der Waals surface area contributed by atoms with Gasteiger partial charge in [0, 0.05) is 0 Å². The molecule has 0 rings (SSSR count). The summed E-state index contributed by atoms with van der Waals surface area (Å²) in [6.07, 6.45) is 0. The van der Waals surface area contributed by atoms with Gasteiger partial charge in [-0.25, -0.2) is 0 Å². The number of hydrogen-bond acceptors (Lipinski definition) is 1. The minimum Gasteiger partial charge on any atom is -0.317 e. The van der Waals surface area contributed by atoms with Crippen molar-refractivity contribution >= 4 is 0 Å². The van der Waals surface area contributed by atoms with Crippen molar-refractivity contribution in [3.63, 3.8) is 0 Å². The second-order valence-electron chi connectivity index (χ2n) is 0.957. The zero-order chi connectivity index (χ0) is 4.12. The van der Waals surface area contributed by atoms with Crippen molar-refractivity contribution in [2.75, 3.05) is 13.1 Å². The quantitative estimate of drug-likeness (QED) is 0.656. The lowest BCUT2D eigenvalue weighted by atomic mass is 10.7. The van der Waals surface area contributed by atoms with Crippen LogP contribution in [0.25, 0.3) is 0 Å². The fourth-order valence-electron chi connectivity index (χ4n) is 0.250. The summed E-state index contributed by atoms with van der Waals surface area (Å²) >= 11 is 0. The Labute approximate surface area is 61.8 Å². The molecule has 0 fully saturated rings. The van der Waals surface area contributed by atoms with Gasteiger partial charge >= 0.3 is 0 Å². The molecule has 7 heteroatoms. The average molecular weight is 193 g/mol. The van der Waals surface area contributed by atoms with E-state index in [1.165, 1.54) is 0 Å². The van der Waals surface area contributed by atoms with Gasteiger partial charge in [0.25, 0.3) is 0 Å². The first kappa shape index (κ1) is 76.5. The largest absolute Gasteiger partial charge is 0.317 e. The van der Waals surface area contributed by atoms with Crippen LogP contribution in [0.2, 0.25) is 0 Å². The van der Waals surface area contributed by atoms with Crippen LogP contribution in [0.5, 0.6) is 0 Å². The third-order valence-electron chi connectivity index (χ3n) is 0.500. The summed E-state index contributed by atoms with van der Waals surface area (Å²) in [5, 5.41) is 3.11. The van der Waals surface area contributed by atoms with Crippen molar-refractivity contribution in [2.24, 2.45) is 0 Å². The average Bonchev–Trinajstić information content (AvgIpc) is 1.41. The minimum atomic E-state index is 0. The predicted octanol–water partition coefficient (Wildman–Crippen LogP) is 1.53. The fourth-order valence-corrected chi connectivity index (χ4v) is 0.250. The molecule has 0 aliphatic heterocycles. The van der Waals surface area contributed by atoms with Gasteiger partial charge in [-0.05, 0) is 13.1 Å². The van der Waals surface area contributed by atoms with Crippen molar-refractivity contribution in [1.82, 2.24) is 5.32 Å². The first-order valence-corrected chi connectivity index (χ1v) is 2.12. The summed E-state index contributed by atoms with van der Waals surface area (Å²) in [5.74, 6) is 0. The molecule has 0 spiro atoms. The van der Waals surface area contributed by atoms with Crippen LogP contribution in [0.15, 0.2) is 0 Å². The molecule has 0 aromatic rings. The van der Waals surface area contributed by atoms with Crippen LogP contribution in [0, 0.1) is 0 Å². The maximum atomic E-state index is 3.11. The van der Waals surface area contributed by atoms with E-state index >= 15 is 0 Å². The maximum Gasteiger partial charge on any atom is -0.00775 e. The van der Waals surface area contributed by atoms with Crippen LogP contribution in [0.3, 0.4) is 0 Å². The van der Waals surface area contributed by atoms with E-state index in [0.29, 0.717) is 0 Å². The molecule has 0 heterocycles.